The van der Waals surface area contributed by atoms with Gasteiger partial charge in [-0.25, -0.2) is 0 Å². The molecule has 0 aromatic heterocycles. The maximum atomic E-state index is 9.40. The molecule has 14 heavy (non-hydrogen) atoms. The summed E-state index contributed by atoms with van der Waals surface area (Å²) in [6.07, 6.45) is 0. The van der Waals surface area contributed by atoms with Gasteiger partial charge in [0.1, 0.15) is 5.75 Å². The summed E-state index contributed by atoms with van der Waals surface area (Å²) in [7, 11) is 0. The van der Waals surface area contributed by atoms with E-state index in [0.717, 1.165) is 13.1 Å². The SMILES string of the molecule is Br.CC1(C)CNCc2ccc(O)cc21. The molecule has 0 radical (unpaired) electrons. The summed E-state index contributed by atoms with van der Waals surface area (Å²) in [5.74, 6) is 0.369. The Morgan fingerprint density at radius 3 is 2.79 bits per heavy atom. The lowest BCUT2D eigenvalue weighted by atomic mass is 9.79. The van der Waals surface area contributed by atoms with Gasteiger partial charge in [0.05, 0.1) is 0 Å². The molecule has 2 rings (SSSR count). The van der Waals surface area contributed by atoms with E-state index in [0.29, 0.717) is 5.75 Å². The lowest BCUT2D eigenvalue weighted by Crippen LogP contribution is -2.38. The van der Waals surface area contributed by atoms with E-state index in [-0.39, 0.29) is 22.4 Å². The number of rotatable bonds is 0. The minimum absolute atomic E-state index is 0. The fraction of sp³-hybridized carbons (Fsp3) is 0.455. The number of hydrogen-bond acceptors (Lipinski definition) is 2. The van der Waals surface area contributed by atoms with Gasteiger partial charge in [-0.05, 0) is 23.3 Å². The Kier molecular flexibility index (Phi) is 3.22. The van der Waals surface area contributed by atoms with Gasteiger partial charge in [0.2, 0.25) is 0 Å². The zero-order valence-electron chi connectivity index (χ0n) is 8.50. The zero-order valence-corrected chi connectivity index (χ0v) is 10.2. The average Bonchev–Trinajstić information content (AvgIpc) is 2.06. The van der Waals surface area contributed by atoms with Crippen LogP contribution in [0.1, 0.15) is 25.0 Å². The highest BCUT2D eigenvalue weighted by molar-refractivity contribution is 8.93. The Hall–Kier alpha value is -0.540. The van der Waals surface area contributed by atoms with Crippen molar-refractivity contribution < 1.29 is 5.11 Å². The molecule has 0 saturated heterocycles. The summed E-state index contributed by atoms with van der Waals surface area (Å²) in [6.45, 7) is 6.28. The van der Waals surface area contributed by atoms with Crippen molar-refractivity contribution in [3.8, 4) is 5.75 Å². The topological polar surface area (TPSA) is 32.3 Å². The predicted octanol–water partition coefficient (Wildman–Crippen LogP) is 2.35. The molecule has 78 valence electrons. The third kappa shape index (κ3) is 1.93. The van der Waals surface area contributed by atoms with Gasteiger partial charge in [0.15, 0.2) is 0 Å². The Bertz CT molecular complexity index is 336. The molecule has 0 aliphatic carbocycles. The second kappa shape index (κ2) is 3.91. The highest BCUT2D eigenvalue weighted by Crippen LogP contribution is 2.31. The average molecular weight is 258 g/mol. The van der Waals surface area contributed by atoms with Crippen molar-refractivity contribution in [1.29, 1.82) is 0 Å². The van der Waals surface area contributed by atoms with Crippen molar-refractivity contribution in [3.05, 3.63) is 29.3 Å². The van der Waals surface area contributed by atoms with Crippen LogP contribution in [0.4, 0.5) is 0 Å². The van der Waals surface area contributed by atoms with E-state index in [9.17, 15) is 5.11 Å². The van der Waals surface area contributed by atoms with Gasteiger partial charge < -0.3 is 10.4 Å². The molecule has 1 heterocycles. The number of hydrogen-bond donors (Lipinski definition) is 2. The molecule has 0 spiro atoms. The van der Waals surface area contributed by atoms with Gasteiger partial charge in [-0.2, -0.15) is 0 Å². The van der Waals surface area contributed by atoms with Crippen molar-refractivity contribution in [3.63, 3.8) is 0 Å². The molecule has 0 unspecified atom stereocenters. The molecule has 2 nitrogen and oxygen atoms in total. The Labute approximate surface area is 95.1 Å². The highest BCUT2D eigenvalue weighted by Gasteiger charge is 2.26. The quantitative estimate of drug-likeness (QED) is 0.748. The maximum absolute atomic E-state index is 9.40. The number of nitrogens with one attached hydrogen (secondary N) is 1. The Balaban J connectivity index is 0.000000980. The summed E-state index contributed by atoms with van der Waals surface area (Å²) in [6, 6.07) is 5.64. The number of aromatic hydroxyl groups is 1. The number of benzene rings is 1. The van der Waals surface area contributed by atoms with E-state index in [1.165, 1.54) is 11.1 Å². The number of phenols is 1. The van der Waals surface area contributed by atoms with Crippen molar-refractivity contribution in [2.75, 3.05) is 6.54 Å². The molecule has 1 aromatic carbocycles. The van der Waals surface area contributed by atoms with Crippen LogP contribution in [0.25, 0.3) is 0 Å². The molecule has 2 N–H and O–H groups in total. The molecule has 0 saturated carbocycles. The molecular formula is C11H16BrNO. The van der Waals surface area contributed by atoms with Crippen molar-refractivity contribution in [2.45, 2.75) is 25.8 Å². The van der Waals surface area contributed by atoms with Crippen LogP contribution in [0.15, 0.2) is 18.2 Å². The highest BCUT2D eigenvalue weighted by atomic mass is 79.9. The standard InChI is InChI=1S/C11H15NO.BrH/c1-11(2)7-12-6-8-3-4-9(13)5-10(8)11;/h3-5,12-13H,6-7H2,1-2H3;1H. The van der Waals surface area contributed by atoms with Crippen molar-refractivity contribution >= 4 is 17.0 Å². The molecule has 0 fully saturated rings. The minimum Gasteiger partial charge on any atom is -0.508 e. The second-order valence-corrected chi connectivity index (χ2v) is 4.33. The van der Waals surface area contributed by atoms with Crippen molar-refractivity contribution in [2.24, 2.45) is 0 Å². The summed E-state index contributed by atoms with van der Waals surface area (Å²) in [4.78, 5) is 0. The third-order valence-corrected chi connectivity index (χ3v) is 2.70. The normalized spacial score (nSPS) is 18.1. The molecule has 0 atom stereocenters. The largest absolute Gasteiger partial charge is 0.508 e. The first-order chi connectivity index (χ1) is 6.09. The fourth-order valence-electron chi connectivity index (χ4n) is 1.95. The van der Waals surface area contributed by atoms with Crippen LogP contribution < -0.4 is 5.32 Å². The van der Waals surface area contributed by atoms with Crippen LogP contribution in [-0.4, -0.2) is 11.7 Å². The Morgan fingerprint density at radius 1 is 1.36 bits per heavy atom. The molecular weight excluding hydrogens is 242 g/mol. The number of phenolic OH excluding ortho intramolecular Hbond substituents is 1. The predicted molar refractivity (Wildman–Crippen MR) is 63.2 cm³/mol. The lowest BCUT2D eigenvalue weighted by molar-refractivity contribution is 0.425. The fourth-order valence-corrected chi connectivity index (χ4v) is 1.95. The number of halogens is 1. The first-order valence-corrected chi connectivity index (χ1v) is 4.63. The molecule has 0 amide bonds. The van der Waals surface area contributed by atoms with Crippen LogP contribution >= 0.6 is 17.0 Å². The van der Waals surface area contributed by atoms with Gasteiger partial charge >= 0.3 is 0 Å². The molecule has 1 aliphatic heterocycles. The van der Waals surface area contributed by atoms with Gasteiger partial charge in [0, 0.05) is 18.5 Å². The minimum atomic E-state index is 0. The van der Waals surface area contributed by atoms with Crippen LogP contribution in [0.2, 0.25) is 0 Å². The summed E-state index contributed by atoms with van der Waals surface area (Å²) < 4.78 is 0. The van der Waals surface area contributed by atoms with Gasteiger partial charge in [-0.15, -0.1) is 17.0 Å². The number of fused-ring (bicyclic) bond motifs is 1. The molecule has 1 aromatic rings. The van der Waals surface area contributed by atoms with Gasteiger partial charge in [-0.1, -0.05) is 19.9 Å². The van der Waals surface area contributed by atoms with Crippen molar-refractivity contribution in [1.82, 2.24) is 5.32 Å². The summed E-state index contributed by atoms with van der Waals surface area (Å²) in [5, 5.41) is 12.8. The van der Waals surface area contributed by atoms with Gasteiger partial charge in [-0.3, -0.25) is 0 Å². The first-order valence-electron chi connectivity index (χ1n) is 4.63. The van der Waals surface area contributed by atoms with E-state index < -0.39 is 0 Å². The van der Waals surface area contributed by atoms with E-state index in [2.05, 4.69) is 19.2 Å². The van der Waals surface area contributed by atoms with Gasteiger partial charge in [0.25, 0.3) is 0 Å². The van der Waals surface area contributed by atoms with E-state index in [1.54, 1.807) is 6.07 Å². The lowest BCUT2D eigenvalue weighted by Gasteiger charge is -2.33. The van der Waals surface area contributed by atoms with E-state index in [4.69, 9.17) is 0 Å². The summed E-state index contributed by atoms with van der Waals surface area (Å²) in [5.41, 5.74) is 2.70. The smallest absolute Gasteiger partial charge is 0.115 e. The molecule has 1 aliphatic rings. The third-order valence-electron chi connectivity index (χ3n) is 2.70. The van der Waals surface area contributed by atoms with E-state index in [1.807, 2.05) is 12.1 Å². The summed E-state index contributed by atoms with van der Waals surface area (Å²) >= 11 is 0. The first kappa shape index (κ1) is 11.5. The molecule has 3 heteroatoms. The van der Waals surface area contributed by atoms with E-state index >= 15 is 0 Å². The maximum Gasteiger partial charge on any atom is 0.115 e. The van der Waals surface area contributed by atoms with Crippen LogP contribution in [0.5, 0.6) is 5.75 Å². The van der Waals surface area contributed by atoms with Crippen LogP contribution in [0, 0.1) is 0 Å². The Morgan fingerprint density at radius 2 is 2.07 bits per heavy atom. The second-order valence-electron chi connectivity index (χ2n) is 4.33. The van der Waals surface area contributed by atoms with Crippen LogP contribution in [0.3, 0.4) is 0 Å². The van der Waals surface area contributed by atoms with Crippen LogP contribution in [-0.2, 0) is 12.0 Å². The zero-order chi connectivity index (χ0) is 9.47. The molecule has 0 bridgehead atoms. The monoisotopic (exact) mass is 257 g/mol.